The van der Waals surface area contributed by atoms with Gasteiger partial charge in [-0.3, -0.25) is 9.59 Å². The van der Waals surface area contributed by atoms with E-state index in [1.807, 2.05) is 30.0 Å². The molecular weight excluding hydrogens is 307 g/mol. The predicted octanol–water partition coefficient (Wildman–Crippen LogP) is 3.37. The van der Waals surface area contributed by atoms with E-state index in [-0.39, 0.29) is 17.4 Å². The van der Waals surface area contributed by atoms with Crippen LogP contribution in [0, 0.1) is 5.82 Å². The van der Waals surface area contributed by atoms with Gasteiger partial charge in [0.25, 0.3) is 5.91 Å². The second-order valence-electron chi connectivity index (χ2n) is 5.87. The molecule has 0 spiro atoms. The number of carbonyl (C=O) groups excluding carboxylic acids is 2. The molecule has 2 aromatic carbocycles. The Morgan fingerprint density at radius 3 is 2.75 bits per heavy atom. The van der Waals surface area contributed by atoms with Crippen LogP contribution in [0.3, 0.4) is 0 Å². The number of nitrogens with one attached hydrogen (secondary N) is 1. The third-order valence-electron chi connectivity index (χ3n) is 4.22. The monoisotopic (exact) mass is 326 g/mol. The Morgan fingerprint density at radius 2 is 2.00 bits per heavy atom. The van der Waals surface area contributed by atoms with Crippen LogP contribution < -0.4 is 5.32 Å². The number of nitrogens with zero attached hydrogens (tertiary/aromatic N) is 1. The molecule has 0 aromatic heterocycles. The van der Waals surface area contributed by atoms with Gasteiger partial charge in [-0.25, -0.2) is 4.39 Å². The zero-order chi connectivity index (χ0) is 17.1. The van der Waals surface area contributed by atoms with Crippen LogP contribution in [0.2, 0.25) is 0 Å². The minimum atomic E-state index is -0.443. The van der Waals surface area contributed by atoms with Crippen LogP contribution in [0.1, 0.15) is 34.8 Å². The Balaban J connectivity index is 1.76. The van der Waals surface area contributed by atoms with Gasteiger partial charge in [0.05, 0.1) is 0 Å². The zero-order valence-corrected chi connectivity index (χ0v) is 13.5. The summed E-state index contributed by atoms with van der Waals surface area (Å²) in [7, 11) is 0. The highest BCUT2D eigenvalue weighted by Crippen LogP contribution is 2.23. The fourth-order valence-corrected chi connectivity index (χ4v) is 2.90. The predicted molar refractivity (Wildman–Crippen MR) is 90.2 cm³/mol. The molecule has 124 valence electrons. The van der Waals surface area contributed by atoms with Crippen molar-refractivity contribution in [3.05, 3.63) is 65.0 Å². The largest absolute Gasteiger partial charge is 0.338 e. The van der Waals surface area contributed by atoms with E-state index in [0.717, 1.165) is 18.5 Å². The lowest BCUT2D eigenvalue weighted by Gasteiger charge is -2.29. The maximum atomic E-state index is 13.2. The Bertz CT molecular complexity index is 789. The SMILES string of the molecule is CCC(=O)N1CCc2ccc(NC(=O)c3cccc(F)c3)cc2C1. The fraction of sp³-hybridized carbons (Fsp3) is 0.263. The first-order chi connectivity index (χ1) is 11.6. The molecule has 0 saturated heterocycles. The van der Waals surface area contributed by atoms with Crippen LogP contribution in [0.5, 0.6) is 0 Å². The van der Waals surface area contributed by atoms with E-state index < -0.39 is 5.82 Å². The summed E-state index contributed by atoms with van der Waals surface area (Å²) in [5.41, 5.74) is 3.16. The molecule has 1 N–H and O–H groups in total. The maximum absolute atomic E-state index is 13.2. The van der Waals surface area contributed by atoms with Crippen LogP contribution >= 0.6 is 0 Å². The first-order valence-corrected chi connectivity index (χ1v) is 8.03. The van der Waals surface area contributed by atoms with Crippen LogP contribution in [0.4, 0.5) is 10.1 Å². The molecule has 1 heterocycles. The van der Waals surface area contributed by atoms with Crippen LogP contribution in [0.25, 0.3) is 0 Å². The van der Waals surface area contributed by atoms with E-state index in [9.17, 15) is 14.0 Å². The van der Waals surface area contributed by atoms with E-state index in [1.54, 1.807) is 6.07 Å². The second kappa shape index (κ2) is 6.83. The van der Waals surface area contributed by atoms with Crippen molar-refractivity contribution in [2.45, 2.75) is 26.3 Å². The van der Waals surface area contributed by atoms with Crippen LogP contribution in [-0.2, 0) is 17.8 Å². The highest BCUT2D eigenvalue weighted by atomic mass is 19.1. The smallest absolute Gasteiger partial charge is 0.255 e. The van der Waals surface area contributed by atoms with Crippen LogP contribution in [-0.4, -0.2) is 23.3 Å². The molecule has 0 saturated carbocycles. The fourth-order valence-electron chi connectivity index (χ4n) is 2.90. The van der Waals surface area contributed by atoms with Crippen molar-refractivity contribution < 1.29 is 14.0 Å². The van der Waals surface area contributed by atoms with E-state index in [4.69, 9.17) is 0 Å². The van der Waals surface area contributed by atoms with Gasteiger partial charge in [0.2, 0.25) is 5.91 Å². The third-order valence-corrected chi connectivity index (χ3v) is 4.22. The number of amides is 2. The minimum absolute atomic E-state index is 0.134. The Morgan fingerprint density at radius 1 is 1.17 bits per heavy atom. The number of fused-ring (bicyclic) bond motifs is 1. The summed E-state index contributed by atoms with van der Waals surface area (Å²) in [6.07, 6.45) is 1.31. The summed E-state index contributed by atoms with van der Waals surface area (Å²) in [6, 6.07) is 11.3. The summed E-state index contributed by atoms with van der Waals surface area (Å²) in [5, 5.41) is 2.78. The van der Waals surface area contributed by atoms with Gasteiger partial charge in [-0.05, 0) is 47.9 Å². The van der Waals surface area contributed by atoms with Gasteiger partial charge >= 0.3 is 0 Å². The van der Waals surface area contributed by atoms with Crippen molar-refractivity contribution in [1.82, 2.24) is 4.90 Å². The zero-order valence-electron chi connectivity index (χ0n) is 13.5. The van der Waals surface area contributed by atoms with Gasteiger partial charge in [0.1, 0.15) is 5.82 Å². The quantitative estimate of drug-likeness (QED) is 0.940. The molecule has 0 bridgehead atoms. The van der Waals surface area contributed by atoms with Gasteiger partial charge in [-0.2, -0.15) is 0 Å². The molecule has 24 heavy (non-hydrogen) atoms. The van der Waals surface area contributed by atoms with E-state index in [0.29, 0.717) is 18.7 Å². The summed E-state index contributed by atoms with van der Waals surface area (Å²) in [6.45, 7) is 3.15. The molecule has 0 unspecified atom stereocenters. The lowest BCUT2D eigenvalue weighted by Crippen LogP contribution is -2.35. The molecule has 0 atom stereocenters. The van der Waals surface area contributed by atoms with Crippen molar-refractivity contribution in [3.8, 4) is 0 Å². The van der Waals surface area contributed by atoms with E-state index >= 15 is 0 Å². The molecule has 3 rings (SSSR count). The highest BCUT2D eigenvalue weighted by molar-refractivity contribution is 6.04. The van der Waals surface area contributed by atoms with Gasteiger partial charge in [-0.1, -0.05) is 19.1 Å². The average Bonchev–Trinajstić information content (AvgIpc) is 2.60. The lowest BCUT2D eigenvalue weighted by molar-refractivity contribution is -0.131. The van der Waals surface area contributed by atoms with Crippen molar-refractivity contribution in [2.24, 2.45) is 0 Å². The number of hydrogen-bond donors (Lipinski definition) is 1. The van der Waals surface area contributed by atoms with Crippen molar-refractivity contribution in [3.63, 3.8) is 0 Å². The highest BCUT2D eigenvalue weighted by Gasteiger charge is 2.20. The van der Waals surface area contributed by atoms with Crippen molar-refractivity contribution >= 4 is 17.5 Å². The summed E-state index contributed by atoms with van der Waals surface area (Å²) in [5.74, 6) is -0.664. The first kappa shape index (κ1) is 16.2. The van der Waals surface area contributed by atoms with Crippen molar-refractivity contribution in [1.29, 1.82) is 0 Å². The van der Waals surface area contributed by atoms with Gasteiger partial charge in [0.15, 0.2) is 0 Å². The topological polar surface area (TPSA) is 49.4 Å². The summed E-state index contributed by atoms with van der Waals surface area (Å²) in [4.78, 5) is 25.9. The third kappa shape index (κ3) is 3.45. The van der Waals surface area contributed by atoms with Gasteiger partial charge in [0, 0.05) is 30.8 Å². The number of rotatable bonds is 3. The standard InChI is InChI=1S/C19H19FN2O2/c1-2-18(23)22-9-8-13-6-7-17(11-15(13)12-22)21-19(24)14-4-3-5-16(20)10-14/h3-7,10-11H,2,8-9,12H2,1H3,(H,21,24). The Labute approximate surface area is 140 Å². The molecular formula is C19H19FN2O2. The number of anilines is 1. The number of hydrogen-bond acceptors (Lipinski definition) is 2. The number of carbonyl (C=O) groups is 2. The van der Waals surface area contributed by atoms with Gasteiger partial charge in [-0.15, -0.1) is 0 Å². The average molecular weight is 326 g/mol. The Hall–Kier alpha value is -2.69. The molecule has 4 nitrogen and oxygen atoms in total. The molecule has 0 radical (unpaired) electrons. The number of benzene rings is 2. The summed E-state index contributed by atoms with van der Waals surface area (Å²) < 4.78 is 13.2. The van der Waals surface area contributed by atoms with Crippen LogP contribution in [0.15, 0.2) is 42.5 Å². The minimum Gasteiger partial charge on any atom is -0.338 e. The Kier molecular flexibility index (Phi) is 4.60. The molecule has 0 fully saturated rings. The van der Waals surface area contributed by atoms with Crippen molar-refractivity contribution in [2.75, 3.05) is 11.9 Å². The lowest BCUT2D eigenvalue weighted by atomic mass is 9.98. The molecule has 2 aromatic rings. The molecule has 0 aliphatic carbocycles. The van der Waals surface area contributed by atoms with Gasteiger partial charge < -0.3 is 10.2 Å². The molecule has 2 amide bonds. The number of halogens is 1. The molecule has 5 heteroatoms. The second-order valence-corrected chi connectivity index (χ2v) is 5.87. The van der Waals surface area contributed by atoms with E-state index in [2.05, 4.69) is 5.32 Å². The maximum Gasteiger partial charge on any atom is 0.255 e. The summed E-state index contributed by atoms with van der Waals surface area (Å²) >= 11 is 0. The molecule has 1 aliphatic rings. The normalized spacial score (nSPS) is 13.3. The first-order valence-electron chi connectivity index (χ1n) is 8.03. The molecule has 1 aliphatic heterocycles. The van der Waals surface area contributed by atoms with E-state index in [1.165, 1.54) is 23.8 Å².